The third-order valence-electron chi connectivity index (χ3n) is 5.95. The van der Waals surface area contributed by atoms with E-state index in [4.69, 9.17) is 11.6 Å². The van der Waals surface area contributed by atoms with Crippen molar-refractivity contribution in [2.75, 3.05) is 10.6 Å². The molecule has 44 heavy (non-hydrogen) atoms. The van der Waals surface area contributed by atoms with Crippen LogP contribution in [-0.2, 0) is 9.59 Å². The van der Waals surface area contributed by atoms with Crippen LogP contribution < -0.4 is 16.0 Å². The first-order valence-electron chi connectivity index (χ1n) is 12.7. The minimum absolute atomic E-state index is 0.00402. The first kappa shape index (κ1) is 32.2. The molecule has 4 rings (SSSR count). The summed E-state index contributed by atoms with van der Waals surface area (Å²) in [5.41, 5.74) is -1.28. The van der Waals surface area contributed by atoms with Crippen molar-refractivity contribution >= 4 is 58.5 Å². The third kappa shape index (κ3) is 7.82. The van der Waals surface area contributed by atoms with Crippen LogP contribution in [0.2, 0.25) is 5.02 Å². The molecule has 0 aromatic heterocycles. The lowest BCUT2D eigenvalue weighted by Crippen LogP contribution is -2.30. The Labute approximate surface area is 257 Å². The molecule has 3 N–H and O–H groups in total. The van der Waals surface area contributed by atoms with Crippen molar-refractivity contribution in [2.24, 2.45) is 0 Å². The monoisotopic (exact) mass is 645 g/mol. The number of rotatable bonds is 9. The quantitative estimate of drug-likeness (QED) is 0.0759. The number of amides is 3. The summed E-state index contributed by atoms with van der Waals surface area (Å²) < 4.78 is 69.5. The molecule has 0 aliphatic rings. The summed E-state index contributed by atoms with van der Waals surface area (Å²) in [6.07, 6.45) is 1.09. The zero-order valence-electron chi connectivity index (χ0n) is 22.6. The summed E-state index contributed by atoms with van der Waals surface area (Å²) in [5.74, 6) is -10.0. The molecule has 1 unspecified atom stereocenters. The molecule has 1 atom stereocenters. The summed E-state index contributed by atoms with van der Waals surface area (Å²) in [6.45, 7) is 1.38. The Hall–Kier alpha value is -4.68. The molecule has 226 valence electrons. The number of benzene rings is 4. The van der Waals surface area contributed by atoms with Crippen LogP contribution in [0.15, 0.2) is 89.5 Å². The van der Waals surface area contributed by atoms with Crippen molar-refractivity contribution in [1.82, 2.24) is 5.32 Å². The number of anilines is 2. The Balaban J connectivity index is 1.53. The van der Waals surface area contributed by atoms with Crippen LogP contribution in [0, 0.1) is 29.1 Å². The van der Waals surface area contributed by atoms with E-state index in [2.05, 4.69) is 10.6 Å². The molecule has 0 fully saturated rings. The second kappa shape index (κ2) is 14.2. The first-order valence-corrected chi connectivity index (χ1v) is 13.9. The lowest BCUT2D eigenvalue weighted by Gasteiger charge is -2.15. The van der Waals surface area contributed by atoms with Crippen LogP contribution in [0.5, 0.6) is 0 Å². The molecule has 0 saturated carbocycles. The van der Waals surface area contributed by atoms with E-state index in [0.717, 1.165) is 23.9 Å². The van der Waals surface area contributed by atoms with Crippen molar-refractivity contribution in [3.63, 3.8) is 0 Å². The largest absolute Gasteiger partial charge is 0.321 e. The molecule has 0 heterocycles. The van der Waals surface area contributed by atoms with Crippen LogP contribution in [0.25, 0.3) is 6.08 Å². The fourth-order valence-corrected chi connectivity index (χ4v) is 4.89. The number of halogens is 6. The van der Waals surface area contributed by atoms with Gasteiger partial charge in [-0.3, -0.25) is 14.4 Å². The highest BCUT2D eigenvalue weighted by molar-refractivity contribution is 8.00. The Morgan fingerprint density at radius 3 is 2.11 bits per heavy atom. The lowest BCUT2D eigenvalue weighted by molar-refractivity contribution is -0.115. The van der Waals surface area contributed by atoms with Crippen LogP contribution in [0.4, 0.5) is 33.3 Å². The standard InChI is InChI=1S/C31H21ClF5N3O3S/c1-16(29(41)40-28-26(36)23(34)15-24(35)27(28)37)44-19-10-5-9-18(13-19)38-31(43)25(14-20-21(32)11-6-12-22(20)33)39-30(42)17-7-3-2-4-8-17/h2-16H,1H3,(H,38,43)(H,39,42)(H,40,41)/b25-14+. The summed E-state index contributed by atoms with van der Waals surface area (Å²) in [4.78, 5) is 39.1. The predicted molar refractivity (Wildman–Crippen MR) is 159 cm³/mol. The lowest BCUT2D eigenvalue weighted by atomic mass is 10.1. The van der Waals surface area contributed by atoms with Crippen molar-refractivity contribution < 1.29 is 36.3 Å². The Kier molecular flexibility index (Phi) is 10.4. The minimum atomic E-state index is -1.75. The second-order valence-corrected chi connectivity index (χ2v) is 10.9. The summed E-state index contributed by atoms with van der Waals surface area (Å²) in [7, 11) is 0. The number of carbonyl (C=O) groups is 3. The van der Waals surface area contributed by atoms with Gasteiger partial charge in [0.05, 0.1) is 10.3 Å². The Bertz CT molecular complexity index is 1730. The molecule has 0 aliphatic carbocycles. The van der Waals surface area contributed by atoms with Gasteiger partial charge in [0.2, 0.25) is 5.91 Å². The van der Waals surface area contributed by atoms with E-state index in [0.29, 0.717) is 4.90 Å². The topological polar surface area (TPSA) is 87.3 Å². The second-order valence-electron chi connectivity index (χ2n) is 9.09. The molecule has 0 bridgehead atoms. The van der Waals surface area contributed by atoms with E-state index in [-0.39, 0.29) is 33.6 Å². The minimum Gasteiger partial charge on any atom is -0.321 e. The van der Waals surface area contributed by atoms with Gasteiger partial charge in [0.1, 0.15) is 17.2 Å². The molecule has 4 aromatic rings. The highest BCUT2D eigenvalue weighted by Gasteiger charge is 2.24. The highest BCUT2D eigenvalue weighted by Crippen LogP contribution is 2.29. The van der Waals surface area contributed by atoms with Crippen LogP contribution in [0.3, 0.4) is 0 Å². The van der Waals surface area contributed by atoms with Gasteiger partial charge in [0.15, 0.2) is 23.3 Å². The molecule has 3 amide bonds. The smallest absolute Gasteiger partial charge is 0.272 e. The normalized spacial score (nSPS) is 11.9. The summed E-state index contributed by atoms with van der Waals surface area (Å²) in [6, 6.07) is 18.0. The van der Waals surface area contributed by atoms with Gasteiger partial charge in [-0.05, 0) is 55.5 Å². The third-order valence-corrected chi connectivity index (χ3v) is 7.37. The fourth-order valence-electron chi connectivity index (χ4n) is 3.75. The maximum Gasteiger partial charge on any atom is 0.272 e. The van der Waals surface area contributed by atoms with Crippen molar-refractivity contribution in [2.45, 2.75) is 17.1 Å². The maximum atomic E-state index is 14.5. The van der Waals surface area contributed by atoms with E-state index in [1.165, 1.54) is 49.4 Å². The van der Waals surface area contributed by atoms with E-state index < -0.39 is 57.7 Å². The SMILES string of the molecule is CC(Sc1cccc(NC(=O)/C(=C\c2c(F)cccc2Cl)NC(=O)c2ccccc2)c1)C(=O)Nc1c(F)c(F)cc(F)c1F. The average molecular weight is 646 g/mol. The van der Waals surface area contributed by atoms with Crippen LogP contribution >= 0.6 is 23.4 Å². The fraction of sp³-hybridized carbons (Fsp3) is 0.0645. The van der Waals surface area contributed by atoms with Gasteiger partial charge >= 0.3 is 0 Å². The zero-order valence-corrected chi connectivity index (χ0v) is 24.1. The van der Waals surface area contributed by atoms with Crippen LogP contribution in [0.1, 0.15) is 22.8 Å². The summed E-state index contributed by atoms with van der Waals surface area (Å²) in [5, 5.41) is 5.89. The van der Waals surface area contributed by atoms with Gasteiger partial charge in [-0.25, -0.2) is 22.0 Å². The number of carbonyl (C=O) groups excluding carboxylic acids is 3. The Morgan fingerprint density at radius 2 is 1.45 bits per heavy atom. The van der Waals surface area contributed by atoms with Gasteiger partial charge in [-0.15, -0.1) is 11.8 Å². The highest BCUT2D eigenvalue weighted by atomic mass is 35.5. The van der Waals surface area contributed by atoms with Crippen LogP contribution in [-0.4, -0.2) is 23.0 Å². The summed E-state index contributed by atoms with van der Waals surface area (Å²) >= 11 is 7.04. The van der Waals surface area contributed by atoms with E-state index in [1.807, 2.05) is 5.32 Å². The van der Waals surface area contributed by atoms with Gasteiger partial charge in [0.25, 0.3) is 11.8 Å². The molecular weight excluding hydrogens is 625 g/mol. The van der Waals surface area contributed by atoms with E-state index in [1.54, 1.807) is 24.3 Å². The first-order chi connectivity index (χ1) is 20.9. The molecular formula is C31H21ClF5N3O3S. The molecule has 4 aromatic carbocycles. The molecule has 6 nitrogen and oxygen atoms in total. The van der Waals surface area contributed by atoms with Gasteiger partial charge in [0, 0.05) is 27.8 Å². The molecule has 0 aliphatic heterocycles. The van der Waals surface area contributed by atoms with Gasteiger partial charge < -0.3 is 16.0 Å². The molecule has 0 spiro atoms. The van der Waals surface area contributed by atoms with E-state index >= 15 is 0 Å². The maximum absolute atomic E-state index is 14.5. The molecule has 0 radical (unpaired) electrons. The van der Waals surface area contributed by atoms with Crippen molar-refractivity contribution in [3.05, 3.63) is 130 Å². The zero-order chi connectivity index (χ0) is 32.0. The van der Waals surface area contributed by atoms with Crippen molar-refractivity contribution in [3.8, 4) is 0 Å². The van der Waals surface area contributed by atoms with Gasteiger partial charge in [-0.2, -0.15) is 0 Å². The van der Waals surface area contributed by atoms with Gasteiger partial charge in [-0.1, -0.05) is 41.9 Å². The van der Waals surface area contributed by atoms with Crippen molar-refractivity contribution in [1.29, 1.82) is 0 Å². The number of hydrogen-bond donors (Lipinski definition) is 3. The number of nitrogens with one attached hydrogen (secondary N) is 3. The predicted octanol–water partition coefficient (Wildman–Crippen LogP) is 7.56. The molecule has 0 saturated heterocycles. The number of thioether (sulfide) groups is 1. The molecule has 13 heteroatoms. The van der Waals surface area contributed by atoms with E-state index in [9.17, 15) is 36.3 Å². The number of hydrogen-bond acceptors (Lipinski definition) is 4. The Morgan fingerprint density at radius 1 is 0.795 bits per heavy atom. The average Bonchev–Trinajstić information content (AvgIpc) is 3.00.